The molecule has 2 aromatic rings. The zero-order valence-corrected chi connectivity index (χ0v) is 8.54. The molecule has 3 nitrogen and oxygen atoms in total. The average Bonchev–Trinajstić information content (AvgIpc) is 2.32. The number of phenols is 2. The summed E-state index contributed by atoms with van der Waals surface area (Å²) in [6.07, 6.45) is 1.63. The molecule has 0 radical (unpaired) electrons. The van der Waals surface area contributed by atoms with Crippen LogP contribution in [0.3, 0.4) is 0 Å². The number of nitrogens with zero attached hydrogens (tertiary/aromatic N) is 1. The number of benzene rings is 2. The van der Waals surface area contributed by atoms with Crippen molar-refractivity contribution in [2.24, 2.45) is 4.99 Å². The second kappa shape index (κ2) is 4.49. The van der Waals surface area contributed by atoms with Gasteiger partial charge in [0.05, 0.1) is 5.69 Å². The van der Waals surface area contributed by atoms with Crippen molar-refractivity contribution in [3.63, 3.8) is 0 Å². The molecule has 0 bridgehead atoms. The van der Waals surface area contributed by atoms with Crippen molar-refractivity contribution in [3.05, 3.63) is 54.1 Å². The van der Waals surface area contributed by atoms with Crippen molar-refractivity contribution >= 4 is 11.9 Å². The fourth-order valence-corrected chi connectivity index (χ4v) is 1.28. The van der Waals surface area contributed by atoms with E-state index in [9.17, 15) is 5.11 Å². The largest absolute Gasteiger partial charge is 0.504 e. The van der Waals surface area contributed by atoms with E-state index in [0.717, 1.165) is 11.3 Å². The Morgan fingerprint density at radius 2 is 1.62 bits per heavy atom. The van der Waals surface area contributed by atoms with Crippen molar-refractivity contribution in [1.29, 1.82) is 0 Å². The van der Waals surface area contributed by atoms with Gasteiger partial charge in [0.25, 0.3) is 0 Å². The van der Waals surface area contributed by atoms with Crippen LogP contribution in [-0.2, 0) is 0 Å². The van der Waals surface area contributed by atoms with E-state index >= 15 is 0 Å². The SMILES string of the molecule is Oc1ccc(C=Nc2ccccc2)cc1O. The fourth-order valence-electron chi connectivity index (χ4n) is 1.28. The Balaban J connectivity index is 2.21. The normalized spacial score (nSPS) is 10.8. The third kappa shape index (κ3) is 2.39. The molecule has 0 atom stereocenters. The van der Waals surface area contributed by atoms with Gasteiger partial charge in [-0.3, -0.25) is 4.99 Å². The molecule has 3 heteroatoms. The van der Waals surface area contributed by atoms with Gasteiger partial charge < -0.3 is 10.2 Å². The van der Waals surface area contributed by atoms with Crippen LogP contribution in [0, 0.1) is 0 Å². The highest BCUT2D eigenvalue weighted by atomic mass is 16.3. The van der Waals surface area contributed by atoms with Crippen LogP contribution in [0.15, 0.2) is 53.5 Å². The molecule has 0 aliphatic carbocycles. The van der Waals surface area contributed by atoms with Gasteiger partial charge in [0.15, 0.2) is 11.5 Å². The highest BCUT2D eigenvalue weighted by Crippen LogP contribution is 2.24. The van der Waals surface area contributed by atoms with Gasteiger partial charge in [-0.05, 0) is 35.9 Å². The van der Waals surface area contributed by atoms with Crippen LogP contribution >= 0.6 is 0 Å². The summed E-state index contributed by atoms with van der Waals surface area (Å²) >= 11 is 0. The van der Waals surface area contributed by atoms with Gasteiger partial charge >= 0.3 is 0 Å². The van der Waals surface area contributed by atoms with Crippen molar-refractivity contribution in [2.75, 3.05) is 0 Å². The summed E-state index contributed by atoms with van der Waals surface area (Å²) in [5.74, 6) is -0.270. The summed E-state index contributed by atoms with van der Waals surface area (Å²) in [6, 6.07) is 14.1. The van der Waals surface area contributed by atoms with Crippen LogP contribution in [0.2, 0.25) is 0 Å². The molecule has 0 unspecified atom stereocenters. The lowest BCUT2D eigenvalue weighted by atomic mass is 10.2. The standard InChI is InChI=1S/C13H11NO2/c15-12-7-6-10(8-13(12)16)9-14-11-4-2-1-3-5-11/h1-9,15-16H. The van der Waals surface area contributed by atoms with Crippen LogP contribution in [0.25, 0.3) is 0 Å². The van der Waals surface area contributed by atoms with E-state index in [-0.39, 0.29) is 11.5 Å². The first-order valence-electron chi connectivity index (χ1n) is 4.87. The predicted octanol–water partition coefficient (Wildman–Crippen LogP) is 2.85. The van der Waals surface area contributed by atoms with Gasteiger partial charge in [-0.25, -0.2) is 0 Å². The smallest absolute Gasteiger partial charge is 0.158 e. The van der Waals surface area contributed by atoms with Gasteiger partial charge in [0.2, 0.25) is 0 Å². The molecule has 0 saturated heterocycles. The fraction of sp³-hybridized carbons (Fsp3) is 0. The Kier molecular flexibility index (Phi) is 2.87. The molecule has 0 saturated carbocycles. The van der Waals surface area contributed by atoms with E-state index in [1.807, 2.05) is 30.3 Å². The van der Waals surface area contributed by atoms with Crippen LogP contribution in [0.1, 0.15) is 5.56 Å². The van der Waals surface area contributed by atoms with E-state index in [2.05, 4.69) is 4.99 Å². The summed E-state index contributed by atoms with van der Waals surface area (Å²) < 4.78 is 0. The molecule has 0 amide bonds. The molecule has 80 valence electrons. The monoisotopic (exact) mass is 213 g/mol. The van der Waals surface area contributed by atoms with Crippen molar-refractivity contribution < 1.29 is 10.2 Å². The molecule has 0 heterocycles. The minimum atomic E-state index is -0.142. The topological polar surface area (TPSA) is 52.8 Å². The summed E-state index contributed by atoms with van der Waals surface area (Å²) in [7, 11) is 0. The molecule has 0 spiro atoms. The molecule has 0 aromatic heterocycles. The summed E-state index contributed by atoms with van der Waals surface area (Å²) in [6.45, 7) is 0. The molecule has 2 aromatic carbocycles. The highest BCUT2D eigenvalue weighted by Gasteiger charge is 1.97. The Bertz CT molecular complexity index is 507. The van der Waals surface area contributed by atoms with E-state index < -0.39 is 0 Å². The number of hydrogen-bond acceptors (Lipinski definition) is 3. The average molecular weight is 213 g/mol. The number of hydrogen-bond donors (Lipinski definition) is 2. The first kappa shape index (κ1) is 10.2. The van der Waals surface area contributed by atoms with Gasteiger partial charge in [0, 0.05) is 6.21 Å². The van der Waals surface area contributed by atoms with Gasteiger partial charge in [-0.1, -0.05) is 18.2 Å². The van der Waals surface area contributed by atoms with Crippen LogP contribution in [0.5, 0.6) is 11.5 Å². The first-order chi connectivity index (χ1) is 7.75. The van der Waals surface area contributed by atoms with Crippen LogP contribution in [-0.4, -0.2) is 16.4 Å². The maximum absolute atomic E-state index is 9.29. The molecular formula is C13H11NO2. The Morgan fingerprint density at radius 3 is 2.31 bits per heavy atom. The number of aliphatic imine (C=N–C) groups is 1. The predicted molar refractivity (Wildman–Crippen MR) is 63.5 cm³/mol. The molecule has 2 N–H and O–H groups in total. The van der Waals surface area contributed by atoms with E-state index in [0.29, 0.717) is 0 Å². The molecule has 0 aliphatic heterocycles. The van der Waals surface area contributed by atoms with Gasteiger partial charge in [-0.2, -0.15) is 0 Å². The van der Waals surface area contributed by atoms with Crippen molar-refractivity contribution in [1.82, 2.24) is 0 Å². The first-order valence-corrected chi connectivity index (χ1v) is 4.87. The third-order valence-corrected chi connectivity index (χ3v) is 2.12. The lowest BCUT2D eigenvalue weighted by Crippen LogP contribution is -1.80. The summed E-state index contributed by atoms with van der Waals surface area (Å²) in [4.78, 5) is 4.23. The Labute approximate surface area is 93.3 Å². The van der Waals surface area contributed by atoms with Gasteiger partial charge in [0.1, 0.15) is 0 Å². The number of phenolic OH excluding ortho intramolecular Hbond substituents is 2. The zero-order valence-electron chi connectivity index (χ0n) is 8.54. The molecule has 2 rings (SSSR count). The summed E-state index contributed by atoms with van der Waals surface area (Å²) in [5.41, 5.74) is 1.58. The Hall–Kier alpha value is -2.29. The van der Waals surface area contributed by atoms with Crippen LogP contribution < -0.4 is 0 Å². The molecule has 0 fully saturated rings. The summed E-state index contributed by atoms with van der Waals surface area (Å²) in [5, 5.41) is 18.4. The second-order valence-electron chi connectivity index (χ2n) is 3.34. The van der Waals surface area contributed by atoms with E-state index in [1.165, 1.54) is 12.1 Å². The van der Waals surface area contributed by atoms with Gasteiger partial charge in [-0.15, -0.1) is 0 Å². The minimum Gasteiger partial charge on any atom is -0.504 e. The van der Waals surface area contributed by atoms with E-state index in [4.69, 9.17) is 5.11 Å². The quantitative estimate of drug-likeness (QED) is 0.595. The Morgan fingerprint density at radius 1 is 0.875 bits per heavy atom. The molecule has 16 heavy (non-hydrogen) atoms. The number of para-hydroxylation sites is 1. The molecule has 0 aliphatic rings. The minimum absolute atomic E-state index is 0.128. The third-order valence-electron chi connectivity index (χ3n) is 2.12. The molecular weight excluding hydrogens is 202 g/mol. The van der Waals surface area contributed by atoms with E-state index in [1.54, 1.807) is 12.3 Å². The highest BCUT2D eigenvalue weighted by molar-refractivity contribution is 5.82. The van der Waals surface area contributed by atoms with Crippen molar-refractivity contribution in [3.8, 4) is 11.5 Å². The maximum atomic E-state index is 9.29. The maximum Gasteiger partial charge on any atom is 0.158 e. The second-order valence-corrected chi connectivity index (χ2v) is 3.34. The number of aromatic hydroxyl groups is 2. The lowest BCUT2D eigenvalue weighted by molar-refractivity contribution is 0.403. The van der Waals surface area contributed by atoms with Crippen LogP contribution in [0.4, 0.5) is 5.69 Å². The zero-order chi connectivity index (χ0) is 11.4. The van der Waals surface area contributed by atoms with Crippen molar-refractivity contribution in [2.45, 2.75) is 0 Å². The number of rotatable bonds is 2. The lowest BCUT2D eigenvalue weighted by Gasteiger charge is -1.98.